The topological polar surface area (TPSA) is 41.6 Å². The van der Waals surface area contributed by atoms with Crippen LogP contribution in [0.15, 0.2) is 48.5 Å². The molecule has 0 aliphatic heterocycles. The van der Waals surface area contributed by atoms with Gasteiger partial charge in [-0.25, -0.2) is 0 Å². The zero-order chi connectivity index (χ0) is 20.0. The van der Waals surface area contributed by atoms with Crippen LogP contribution in [-0.2, 0) is 10.2 Å². The Bertz CT molecular complexity index is 766. The van der Waals surface area contributed by atoms with Crippen LogP contribution in [0.2, 0.25) is 5.02 Å². The van der Waals surface area contributed by atoms with E-state index < -0.39 is 5.41 Å². The fourth-order valence-corrected chi connectivity index (χ4v) is 3.93. The van der Waals surface area contributed by atoms with Crippen molar-refractivity contribution < 1.29 is 9.53 Å². The Morgan fingerprint density at radius 1 is 1.04 bits per heavy atom. The molecule has 2 aromatic carbocycles. The van der Waals surface area contributed by atoms with E-state index in [-0.39, 0.29) is 5.91 Å². The highest BCUT2D eigenvalue weighted by atomic mass is 35.5. The molecule has 150 valence electrons. The summed E-state index contributed by atoms with van der Waals surface area (Å²) in [6, 6.07) is 15.4. The summed E-state index contributed by atoms with van der Waals surface area (Å²) in [5.74, 6) is 0.876. The third-order valence-electron chi connectivity index (χ3n) is 5.46. The van der Waals surface area contributed by atoms with Crippen LogP contribution in [0.3, 0.4) is 0 Å². The molecule has 1 aliphatic carbocycles. The fraction of sp³-hybridized carbons (Fsp3) is 0.435. The summed E-state index contributed by atoms with van der Waals surface area (Å²) in [6.07, 6.45) is 5.05. The molecule has 0 saturated heterocycles. The Hall–Kier alpha value is -2.04. The molecule has 0 spiro atoms. The minimum Gasteiger partial charge on any atom is -0.492 e. The zero-order valence-electron chi connectivity index (χ0n) is 16.7. The van der Waals surface area contributed by atoms with Crippen molar-refractivity contribution in [3.05, 3.63) is 59.1 Å². The van der Waals surface area contributed by atoms with Crippen molar-refractivity contribution in [1.29, 1.82) is 0 Å². The number of rotatable bonds is 7. The van der Waals surface area contributed by atoms with Gasteiger partial charge in [-0.15, -0.1) is 0 Å². The smallest absolute Gasteiger partial charge is 0.235 e. The van der Waals surface area contributed by atoms with Gasteiger partial charge < -0.3 is 15.0 Å². The normalized spacial score (nSPS) is 16.0. The van der Waals surface area contributed by atoms with Gasteiger partial charge in [-0.2, -0.15) is 0 Å². The molecule has 1 aliphatic rings. The van der Waals surface area contributed by atoms with Crippen LogP contribution in [0.25, 0.3) is 0 Å². The van der Waals surface area contributed by atoms with Crippen LogP contribution in [0.4, 0.5) is 5.69 Å². The summed E-state index contributed by atoms with van der Waals surface area (Å²) in [5.41, 5.74) is 1.37. The number of ether oxygens (including phenoxy) is 1. The molecule has 0 atom stereocenters. The number of halogens is 1. The van der Waals surface area contributed by atoms with Gasteiger partial charge in [0, 0.05) is 17.3 Å². The summed E-state index contributed by atoms with van der Waals surface area (Å²) in [4.78, 5) is 15.4. The quantitative estimate of drug-likeness (QED) is 0.701. The Morgan fingerprint density at radius 2 is 1.68 bits per heavy atom. The molecule has 5 heteroatoms. The van der Waals surface area contributed by atoms with Crippen molar-refractivity contribution in [3.63, 3.8) is 0 Å². The molecule has 0 unspecified atom stereocenters. The number of anilines is 1. The second-order valence-corrected chi connectivity index (χ2v) is 8.22. The largest absolute Gasteiger partial charge is 0.492 e. The minimum absolute atomic E-state index is 0.0656. The molecule has 0 radical (unpaired) electrons. The van der Waals surface area contributed by atoms with Crippen molar-refractivity contribution in [3.8, 4) is 5.75 Å². The Labute approximate surface area is 172 Å². The van der Waals surface area contributed by atoms with Crippen LogP contribution >= 0.6 is 11.6 Å². The summed E-state index contributed by atoms with van der Waals surface area (Å²) >= 11 is 6.06. The number of carbonyl (C=O) groups excluding carboxylic acids is 1. The molecule has 4 nitrogen and oxygen atoms in total. The van der Waals surface area contributed by atoms with Crippen molar-refractivity contribution in [1.82, 2.24) is 4.90 Å². The molecule has 0 aromatic heterocycles. The standard InChI is InChI=1S/C23H29ClN2O2/c1-26(2)16-17-28-21-12-10-20(11-13-21)25-22(27)23(14-4-3-5-15-23)18-6-8-19(24)9-7-18/h6-13H,3-5,14-17H2,1-2H3,(H,25,27). The van der Waals surface area contributed by atoms with Crippen LogP contribution < -0.4 is 10.1 Å². The number of benzene rings is 2. The molecule has 0 heterocycles. The lowest BCUT2D eigenvalue weighted by atomic mass is 9.68. The lowest BCUT2D eigenvalue weighted by Crippen LogP contribution is -2.42. The van der Waals surface area contributed by atoms with Gasteiger partial charge in [-0.3, -0.25) is 4.79 Å². The third kappa shape index (κ3) is 5.06. The van der Waals surface area contributed by atoms with Gasteiger partial charge in [0.2, 0.25) is 5.91 Å². The van der Waals surface area contributed by atoms with Gasteiger partial charge in [-0.05, 0) is 68.9 Å². The van der Waals surface area contributed by atoms with E-state index in [9.17, 15) is 4.79 Å². The lowest BCUT2D eigenvalue weighted by molar-refractivity contribution is -0.122. The van der Waals surface area contributed by atoms with E-state index in [1.165, 1.54) is 6.42 Å². The van der Waals surface area contributed by atoms with Gasteiger partial charge in [-0.1, -0.05) is 43.0 Å². The highest BCUT2D eigenvalue weighted by Gasteiger charge is 2.41. The molecule has 3 rings (SSSR count). The highest BCUT2D eigenvalue weighted by molar-refractivity contribution is 6.30. The van der Waals surface area contributed by atoms with E-state index >= 15 is 0 Å². The number of carbonyl (C=O) groups is 1. The van der Waals surface area contributed by atoms with Gasteiger partial charge in [0.05, 0.1) is 5.41 Å². The number of nitrogens with zero attached hydrogens (tertiary/aromatic N) is 1. The summed E-state index contributed by atoms with van der Waals surface area (Å²) in [7, 11) is 4.04. The Kier molecular flexibility index (Phi) is 6.97. The molecule has 1 amide bonds. The van der Waals surface area contributed by atoms with Gasteiger partial charge in [0.15, 0.2) is 0 Å². The Morgan fingerprint density at radius 3 is 2.29 bits per heavy atom. The van der Waals surface area contributed by atoms with E-state index in [1.54, 1.807) is 0 Å². The number of hydrogen-bond donors (Lipinski definition) is 1. The average Bonchev–Trinajstić information content (AvgIpc) is 2.70. The lowest BCUT2D eigenvalue weighted by Gasteiger charge is -2.36. The molecule has 0 bridgehead atoms. The maximum atomic E-state index is 13.3. The second-order valence-electron chi connectivity index (χ2n) is 7.78. The zero-order valence-corrected chi connectivity index (χ0v) is 17.5. The molecule has 1 fully saturated rings. The van der Waals surface area contributed by atoms with Crippen LogP contribution in [0, 0.1) is 0 Å². The SMILES string of the molecule is CN(C)CCOc1ccc(NC(=O)C2(c3ccc(Cl)cc3)CCCCC2)cc1. The van der Waals surface area contributed by atoms with Crippen LogP contribution in [0.5, 0.6) is 5.75 Å². The number of nitrogens with one attached hydrogen (secondary N) is 1. The fourth-order valence-electron chi connectivity index (χ4n) is 3.80. The number of amides is 1. The summed E-state index contributed by atoms with van der Waals surface area (Å²) < 4.78 is 5.73. The first-order chi connectivity index (χ1) is 13.5. The molecular weight excluding hydrogens is 372 g/mol. The molecule has 28 heavy (non-hydrogen) atoms. The molecule has 1 saturated carbocycles. The summed E-state index contributed by atoms with van der Waals surface area (Å²) in [5, 5.41) is 3.83. The second kappa shape index (κ2) is 9.44. The van der Waals surface area contributed by atoms with Crippen LogP contribution in [-0.4, -0.2) is 38.1 Å². The van der Waals surface area contributed by atoms with E-state index in [2.05, 4.69) is 10.2 Å². The molecule has 2 aromatic rings. The van der Waals surface area contributed by atoms with Crippen LogP contribution in [0.1, 0.15) is 37.7 Å². The third-order valence-corrected chi connectivity index (χ3v) is 5.71. The number of likely N-dealkylation sites (N-methyl/N-ethyl adjacent to an activating group) is 1. The monoisotopic (exact) mass is 400 g/mol. The first kappa shape index (κ1) is 20.7. The molecule has 1 N–H and O–H groups in total. The minimum atomic E-state index is -0.482. The number of hydrogen-bond acceptors (Lipinski definition) is 3. The first-order valence-electron chi connectivity index (χ1n) is 9.95. The maximum absolute atomic E-state index is 13.3. The maximum Gasteiger partial charge on any atom is 0.235 e. The van der Waals surface area contributed by atoms with E-state index in [0.717, 1.165) is 49.2 Å². The van der Waals surface area contributed by atoms with Crippen molar-refractivity contribution in [2.45, 2.75) is 37.5 Å². The Balaban J connectivity index is 1.71. The molecular formula is C23H29ClN2O2. The van der Waals surface area contributed by atoms with Gasteiger partial charge in [0.25, 0.3) is 0 Å². The van der Waals surface area contributed by atoms with E-state index in [4.69, 9.17) is 16.3 Å². The van der Waals surface area contributed by atoms with Crippen molar-refractivity contribution in [2.75, 3.05) is 32.6 Å². The van der Waals surface area contributed by atoms with Crippen molar-refractivity contribution in [2.24, 2.45) is 0 Å². The summed E-state index contributed by atoms with van der Waals surface area (Å²) in [6.45, 7) is 1.50. The van der Waals surface area contributed by atoms with Gasteiger partial charge >= 0.3 is 0 Å². The predicted molar refractivity (Wildman–Crippen MR) is 115 cm³/mol. The highest BCUT2D eigenvalue weighted by Crippen LogP contribution is 2.41. The first-order valence-corrected chi connectivity index (χ1v) is 10.3. The average molecular weight is 401 g/mol. The van der Waals surface area contributed by atoms with E-state index in [0.29, 0.717) is 11.6 Å². The van der Waals surface area contributed by atoms with Crippen molar-refractivity contribution >= 4 is 23.2 Å². The predicted octanol–water partition coefficient (Wildman–Crippen LogP) is 5.12. The van der Waals surface area contributed by atoms with E-state index in [1.807, 2.05) is 62.6 Å². The van der Waals surface area contributed by atoms with Gasteiger partial charge in [0.1, 0.15) is 12.4 Å².